The number of hydrogen-bond acceptors (Lipinski definition) is 3. The molecule has 5 nitrogen and oxygen atoms in total. The van der Waals surface area contributed by atoms with Crippen LogP contribution in [0.3, 0.4) is 0 Å². The fourth-order valence-electron chi connectivity index (χ4n) is 2.30. The van der Waals surface area contributed by atoms with Crippen molar-refractivity contribution in [3.05, 3.63) is 48.0 Å². The van der Waals surface area contributed by atoms with Gasteiger partial charge < -0.3 is 14.8 Å². The molecule has 0 bridgehead atoms. The molecule has 23 heavy (non-hydrogen) atoms. The number of aliphatic carboxylic acids is 1. The third-order valence-corrected chi connectivity index (χ3v) is 3.58. The highest BCUT2D eigenvalue weighted by atomic mass is 19.1. The summed E-state index contributed by atoms with van der Waals surface area (Å²) in [6, 6.07) is 8.91. The van der Waals surface area contributed by atoms with Crippen molar-refractivity contribution in [1.29, 1.82) is 0 Å². The molecule has 0 fully saturated rings. The minimum absolute atomic E-state index is 0.0631. The van der Waals surface area contributed by atoms with E-state index in [-0.39, 0.29) is 23.5 Å². The Bertz CT molecular complexity index is 725. The van der Waals surface area contributed by atoms with Crippen molar-refractivity contribution in [2.24, 2.45) is 0 Å². The number of furan rings is 1. The van der Waals surface area contributed by atoms with Gasteiger partial charge in [-0.05, 0) is 37.6 Å². The molecule has 0 radical (unpaired) electrons. The van der Waals surface area contributed by atoms with E-state index in [4.69, 9.17) is 4.42 Å². The number of nitrogens with one attached hydrogen (secondary N) is 1. The Kier molecular flexibility index (Phi) is 4.83. The molecule has 122 valence electrons. The van der Waals surface area contributed by atoms with E-state index < -0.39 is 23.2 Å². The van der Waals surface area contributed by atoms with Crippen LogP contribution in [-0.2, 0) is 4.79 Å². The third kappa shape index (κ3) is 3.59. The van der Waals surface area contributed by atoms with Crippen LogP contribution in [-0.4, -0.2) is 22.5 Å². The summed E-state index contributed by atoms with van der Waals surface area (Å²) in [6.45, 7) is 3.27. The highest BCUT2D eigenvalue weighted by Crippen LogP contribution is 2.25. The fraction of sp³-hybridized carbons (Fsp3) is 0.294. The molecule has 0 saturated carbocycles. The third-order valence-electron chi connectivity index (χ3n) is 3.58. The van der Waals surface area contributed by atoms with Gasteiger partial charge in [0, 0.05) is 0 Å². The summed E-state index contributed by atoms with van der Waals surface area (Å²) in [6.07, 6.45) is 0.886. The van der Waals surface area contributed by atoms with Crippen molar-refractivity contribution in [3.8, 4) is 11.3 Å². The summed E-state index contributed by atoms with van der Waals surface area (Å²) < 4.78 is 19.1. The maximum atomic E-state index is 13.7. The zero-order valence-corrected chi connectivity index (χ0v) is 12.9. The van der Waals surface area contributed by atoms with Gasteiger partial charge in [0.2, 0.25) is 0 Å². The molecule has 0 aliphatic heterocycles. The number of carbonyl (C=O) groups is 2. The minimum Gasteiger partial charge on any atom is -0.480 e. The summed E-state index contributed by atoms with van der Waals surface area (Å²) in [7, 11) is 0. The van der Waals surface area contributed by atoms with E-state index in [1.54, 1.807) is 12.1 Å². The van der Waals surface area contributed by atoms with Crippen LogP contribution in [0.15, 0.2) is 40.8 Å². The molecule has 2 aromatic rings. The van der Waals surface area contributed by atoms with E-state index >= 15 is 0 Å². The van der Waals surface area contributed by atoms with Crippen molar-refractivity contribution < 1.29 is 23.5 Å². The first kappa shape index (κ1) is 16.7. The van der Waals surface area contributed by atoms with E-state index in [1.807, 2.05) is 6.92 Å². The summed E-state index contributed by atoms with van der Waals surface area (Å²) in [5, 5.41) is 11.7. The second-order valence-corrected chi connectivity index (χ2v) is 5.49. The first-order chi connectivity index (χ1) is 10.9. The van der Waals surface area contributed by atoms with Crippen LogP contribution < -0.4 is 5.32 Å². The smallest absolute Gasteiger partial charge is 0.329 e. The van der Waals surface area contributed by atoms with Gasteiger partial charge in [0.1, 0.15) is 17.1 Å². The lowest BCUT2D eigenvalue weighted by Gasteiger charge is -2.25. The molecular weight excluding hydrogens is 301 g/mol. The number of carbonyl (C=O) groups excluding carboxylic acids is 1. The van der Waals surface area contributed by atoms with Gasteiger partial charge in [-0.2, -0.15) is 0 Å². The lowest BCUT2D eigenvalue weighted by molar-refractivity contribution is -0.144. The zero-order valence-electron chi connectivity index (χ0n) is 12.9. The van der Waals surface area contributed by atoms with E-state index in [9.17, 15) is 19.1 Å². The lowest BCUT2D eigenvalue weighted by atomic mass is 9.96. The van der Waals surface area contributed by atoms with Crippen molar-refractivity contribution >= 4 is 11.9 Å². The summed E-state index contributed by atoms with van der Waals surface area (Å²) in [5.74, 6) is -2.08. The molecule has 6 heteroatoms. The van der Waals surface area contributed by atoms with E-state index in [1.165, 1.54) is 31.2 Å². The normalized spacial score (nSPS) is 13.3. The van der Waals surface area contributed by atoms with Crippen LogP contribution in [0.5, 0.6) is 0 Å². The van der Waals surface area contributed by atoms with Crippen LogP contribution in [0.25, 0.3) is 11.3 Å². The number of carboxylic acid groups (broad SMARTS) is 1. The van der Waals surface area contributed by atoms with Crippen molar-refractivity contribution in [2.45, 2.75) is 32.2 Å². The molecule has 0 aliphatic rings. The van der Waals surface area contributed by atoms with Gasteiger partial charge >= 0.3 is 5.97 Å². The molecule has 1 unspecified atom stereocenters. The van der Waals surface area contributed by atoms with Crippen molar-refractivity contribution in [1.82, 2.24) is 5.32 Å². The molecular formula is C17H18FNO4. The molecule has 1 atom stereocenters. The van der Waals surface area contributed by atoms with Crippen molar-refractivity contribution in [2.75, 3.05) is 0 Å². The molecule has 1 aromatic heterocycles. The van der Waals surface area contributed by atoms with Gasteiger partial charge in [-0.15, -0.1) is 0 Å². The van der Waals surface area contributed by atoms with E-state index in [2.05, 4.69) is 5.32 Å². The van der Waals surface area contributed by atoms with Gasteiger partial charge in [-0.1, -0.05) is 25.5 Å². The van der Waals surface area contributed by atoms with Crippen LogP contribution >= 0.6 is 0 Å². The Morgan fingerprint density at radius 2 is 1.96 bits per heavy atom. The molecule has 2 N–H and O–H groups in total. The Morgan fingerprint density at radius 1 is 1.26 bits per heavy atom. The largest absolute Gasteiger partial charge is 0.480 e. The topological polar surface area (TPSA) is 79.5 Å². The number of carboxylic acids is 1. The van der Waals surface area contributed by atoms with Gasteiger partial charge in [-0.25, -0.2) is 9.18 Å². The zero-order chi connectivity index (χ0) is 17.0. The molecule has 0 spiro atoms. The van der Waals surface area contributed by atoms with E-state index in [0.29, 0.717) is 6.42 Å². The van der Waals surface area contributed by atoms with Gasteiger partial charge in [-0.3, -0.25) is 4.79 Å². The summed E-state index contributed by atoms with van der Waals surface area (Å²) in [5.41, 5.74) is -1.14. The Morgan fingerprint density at radius 3 is 2.57 bits per heavy atom. The Balaban J connectivity index is 2.22. The molecule has 0 aliphatic carbocycles. The molecule has 2 rings (SSSR count). The number of halogens is 1. The molecule has 1 heterocycles. The van der Waals surface area contributed by atoms with Gasteiger partial charge in [0.25, 0.3) is 5.91 Å². The van der Waals surface area contributed by atoms with Crippen LogP contribution in [0.2, 0.25) is 0 Å². The first-order valence-electron chi connectivity index (χ1n) is 7.28. The Hall–Kier alpha value is -2.63. The standard InChI is InChI=1S/C17H18FNO4/c1-3-10-17(2,16(21)22)19-15(20)14-9-8-13(23-14)11-6-4-5-7-12(11)18/h4-9H,3,10H2,1-2H3,(H,19,20)(H,21,22). The number of hydrogen-bond donors (Lipinski definition) is 2. The van der Waals surface area contributed by atoms with Crippen molar-refractivity contribution in [3.63, 3.8) is 0 Å². The second-order valence-electron chi connectivity index (χ2n) is 5.49. The predicted molar refractivity (Wildman–Crippen MR) is 82.5 cm³/mol. The van der Waals surface area contributed by atoms with Crippen LogP contribution in [0.1, 0.15) is 37.2 Å². The minimum atomic E-state index is -1.38. The quantitative estimate of drug-likeness (QED) is 0.854. The molecule has 1 amide bonds. The fourth-order valence-corrected chi connectivity index (χ4v) is 2.30. The monoisotopic (exact) mass is 319 g/mol. The van der Waals surface area contributed by atoms with Gasteiger partial charge in [0.05, 0.1) is 5.56 Å². The first-order valence-corrected chi connectivity index (χ1v) is 7.28. The number of rotatable bonds is 6. The predicted octanol–water partition coefficient (Wildman–Crippen LogP) is 3.46. The lowest BCUT2D eigenvalue weighted by Crippen LogP contribution is -2.52. The molecule has 1 aromatic carbocycles. The number of benzene rings is 1. The maximum Gasteiger partial charge on any atom is 0.329 e. The van der Waals surface area contributed by atoms with E-state index in [0.717, 1.165) is 0 Å². The van der Waals surface area contributed by atoms with Gasteiger partial charge in [0.15, 0.2) is 5.76 Å². The number of amides is 1. The summed E-state index contributed by atoms with van der Waals surface area (Å²) in [4.78, 5) is 23.6. The highest BCUT2D eigenvalue weighted by molar-refractivity contribution is 5.96. The van der Waals surface area contributed by atoms with Crippen LogP contribution in [0, 0.1) is 5.82 Å². The maximum absolute atomic E-state index is 13.7. The summed E-state index contributed by atoms with van der Waals surface area (Å²) >= 11 is 0. The van der Waals surface area contributed by atoms with Crippen LogP contribution in [0.4, 0.5) is 4.39 Å². The SMILES string of the molecule is CCCC(C)(NC(=O)c1ccc(-c2ccccc2F)o1)C(=O)O. The average Bonchev–Trinajstić information content (AvgIpc) is 2.97. The molecule has 0 saturated heterocycles. The average molecular weight is 319 g/mol. The highest BCUT2D eigenvalue weighted by Gasteiger charge is 2.34. The Labute approximate surface area is 133 Å². The second kappa shape index (κ2) is 6.64.